The van der Waals surface area contributed by atoms with Crippen LogP contribution in [0.3, 0.4) is 0 Å². The molecule has 4 rings (SSSR count). The van der Waals surface area contributed by atoms with E-state index in [-0.39, 0.29) is 23.8 Å². The highest BCUT2D eigenvalue weighted by Crippen LogP contribution is 2.28. The van der Waals surface area contributed by atoms with Gasteiger partial charge in [-0.15, -0.1) is 0 Å². The summed E-state index contributed by atoms with van der Waals surface area (Å²) in [6.07, 6.45) is 3.34. The van der Waals surface area contributed by atoms with Gasteiger partial charge in [-0.1, -0.05) is 24.0 Å². The van der Waals surface area contributed by atoms with E-state index in [4.69, 9.17) is 9.47 Å². The molecule has 0 spiro atoms. The van der Waals surface area contributed by atoms with E-state index in [0.29, 0.717) is 30.4 Å². The first kappa shape index (κ1) is 21.0. The quantitative estimate of drug-likeness (QED) is 0.627. The second-order valence-electron chi connectivity index (χ2n) is 7.33. The van der Waals surface area contributed by atoms with Gasteiger partial charge in [0.25, 0.3) is 0 Å². The molecule has 0 aliphatic carbocycles. The van der Waals surface area contributed by atoms with Gasteiger partial charge < -0.3 is 19.1 Å². The number of aliphatic hydroxyl groups is 1. The molecule has 0 amide bonds. The van der Waals surface area contributed by atoms with Gasteiger partial charge in [0.05, 0.1) is 25.3 Å². The molecule has 2 heterocycles. The van der Waals surface area contributed by atoms with Crippen molar-refractivity contribution in [3.63, 3.8) is 0 Å². The Hall–Kier alpha value is -3.21. The van der Waals surface area contributed by atoms with Gasteiger partial charge in [-0.05, 0) is 36.8 Å². The molecule has 1 aromatic heterocycles. The molecule has 5 nitrogen and oxygen atoms in total. The molecule has 3 aromatic rings. The minimum Gasteiger partial charge on any atom is -0.488 e. The van der Waals surface area contributed by atoms with E-state index in [9.17, 15) is 13.9 Å². The van der Waals surface area contributed by atoms with Gasteiger partial charge in [0.2, 0.25) is 0 Å². The average molecular weight is 424 g/mol. The number of nitrogens with zero attached hydrogens (tertiary/aromatic N) is 2. The molecule has 2 aromatic carbocycles. The molecule has 1 unspecified atom stereocenters. The molecule has 1 N–H and O–H groups in total. The van der Waals surface area contributed by atoms with Crippen LogP contribution >= 0.6 is 0 Å². The monoisotopic (exact) mass is 424 g/mol. The first-order valence-electron chi connectivity index (χ1n) is 10.0. The average Bonchev–Trinajstić information content (AvgIpc) is 3.43. The fraction of sp³-hybridized carbons (Fsp3) is 0.292. The third kappa shape index (κ3) is 4.93. The number of ether oxygens (including phenoxy) is 2. The molecule has 0 radical (unpaired) electrons. The number of imidazole rings is 1. The summed E-state index contributed by atoms with van der Waals surface area (Å²) in [7, 11) is 0. The molecule has 1 saturated heterocycles. The zero-order valence-corrected chi connectivity index (χ0v) is 17.0. The lowest BCUT2D eigenvalue weighted by molar-refractivity contribution is 0.141. The summed E-state index contributed by atoms with van der Waals surface area (Å²) in [6.45, 7) is 3.05. The van der Waals surface area contributed by atoms with E-state index < -0.39 is 17.7 Å². The van der Waals surface area contributed by atoms with E-state index in [1.165, 1.54) is 0 Å². The molecule has 1 aliphatic rings. The van der Waals surface area contributed by atoms with E-state index in [1.807, 2.05) is 0 Å². The zero-order valence-electron chi connectivity index (χ0n) is 17.0. The SMILES string of the molecule is CC(O)c1nccn1CC#Cc1cc(F)c(-c2ccc(O[C@H]3CCOC3)cc2)cc1F. The number of halogens is 2. The summed E-state index contributed by atoms with van der Waals surface area (Å²) in [5.74, 6) is 5.42. The van der Waals surface area contributed by atoms with Crippen LogP contribution in [-0.2, 0) is 11.3 Å². The molecule has 31 heavy (non-hydrogen) atoms. The highest BCUT2D eigenvalue weighted by atomic mass is 19.1. The van der Waals surface area contributed by atoms with Gasteiger partial charge in [-0.2, -0.15) is 0 Å². The number of hydrogen-bond acceptors (Lipinski definition) is 4. The van der Waals surface area contributed by atoms with Crippen molar-refractivity contribution >= 4 is 0 Å². The zero-order chi connectivity index (χ0) is 21.8. The van der Waals surface area contributed by atoms with Gasteiger partial charge in [0.1, 0.15) is 35.4 Å². The summed E-state index contributed by atoms with van der Waals surface area (Å²) < 4.78 is 42.0. The first-order valence-corrected chi connectivity index (χ1v) is 10.0. The standard InChI is InChI=1S/C24H22F2N2O3/c1-16(29)24-27-9-11-28(24)10-2-3-18-13-23(26)21(14-22(18)25)17-4-6-19(7-5-17)31-20-8-12-30-15-20/h4-7,9,11,13-14,16,20,29H,8,10,12,15H2,1H3/t16?,20-/m0/s1. The minimum absolute atomic E-state index is 0.0249. The summed E-state index contributed by atoms with van der Waals surface area (Å²) in [6, 6.07) is 9.13. The van der Waals surface area contributed by atoms with Crippen molar-refractivity contribution in [1.29, 1.82) is 0 Å². The van der Waals surface area contributed by atoms with Crippen LogP contribution in [0, 0.1) is 23.5 Å². The molecule has 2 atom stereocenters. The van der Waals surface area contributed by atoms with Crippen LogP contribution in [0.25, 0.3) is 11.1 Å². The van der Waals surface area contributed by atoms with Crippen molar-refractivity contribution in [2.45, 2.75) is 32.1 Å². The summed E-state index contributed by atoms with van der Waals surface area (Å²) in [4.78, 5) is 4.05. The van der Waals surface area contributed by atoms with Gasteiger partial charge in [-0.25, -0.2) is 13.8 Å². The Morgan fingerprint density at radius 1 is 1.26 bits per heavy atom. The van der Waals surface area contributed by atoms with Crippen LogP contribution in [0.15, 0.2) is 48.8 Å². The molecular formula is C24H22F2N2O3. The lowest BCUT2D eigenvalue weighted by atomic mass is 10.0. The molecule has 1 aliphatic heterocycles. The number of hydrogen-bond donors (Lipinski definition) is 1. The lowest BCUT2D eigenvalue weighted by Gasteiger charge is -2.12. The predicted molar refractivity (Wildman–Crippen MR) is 111 cm³/mol. The Morgan fingerprint density at radius 2 is 2.06 bits per heavy atom. The highest BCUT2D eigenvalue weighted by molar-refractivity contribution is 5.66. The van der Waals surface area contributed by atoms with Crippen molar-refractivity contribution in [3.8, 4) is 28.7 Å². The van der Waals surface area contributed by atoms with Crippen LogP contribution in [0.2, 0.25) is 0 Å². The Labute approximate surface area is 179 Å². The van der Waals surface area contributed by atoms with Gasteiger partial charge in [-0.3, -0.25) is 0 Å². The summed E-state index contributed by atoms with van der Waals surface area (Å²) in [5, 5.41) is 9.66. The molecule has 0 saturated carbocycles. The summed E-state index contributed by atoms with van der Waals surface area (Å²) in [5.41, 5.74) is 0.678. The van der Waals surface area contributed by atoms with Crippen LogP contribution in [0.4, 0.5) is 8.78 Å². The normalized spacial score (nSPS) is 16.6. The van der Waals surface area contributed by atoms with Gasteiger partial charge in [0.15, 0.2) is 0 Å². The molecule has 160 valence electrons. The van der Waals surface area contributed by atoms with E-state index in [1.54, 1.807) is 48.1 Å². The van der Waals surface area contributed by atoms with Gasteiger partial charge >= 0.3 is 0 Å². The second kappa shape index (κ2) is 9.29. The van der Waals surface area contributed by atoms with Crippen LogP contribution in [-0.4, -0.2) is 34.0 Å². The molecule has 7 heteroatoms. The second-order valence-corrected chi connectivity index (χ2v) is 7.33. The number of benzene rings is 2. The predicted octanol–water partition coefficient (Wildman–Crippen LogP) is 4.10. The Morgan fingerprint density at radius 3 is 2.77 bits per heavy atom. The van der Waals surface area contributed by atoms with E-state index >= 15 is 0 Å². The van der Waals surface area contributed by atoms with Crippen molar-refractivity contribution < 1.29 is 23.4 Å². The topological polar surface area (TPSA) is 56.5 Å². The van der Waals surface area contributed by atoms with Crippen LogP contribution in [0.5, 0.6) is 5.75 Å². The molecule has 1 fully saturated rings. The third-order valence-corrected chi connectivity index (χ3v) is 5.01. The fourth-order valence-corrected chi connectivity index (χ4v) is 3.42. The smallest absolute Gasteiger partial charge is 0.139 e. The van der Waals surface area contributed by atoms with Crippen molar-refractivity contribution in [2.75, 3.05) is 13.2 Å². The van der Waals surface area contributed by atoms with E-state index in [0.717, 1.165) is 18.6 Å². The Bertz CT molecular complexity index is 1110. The minimum atomic E-state index is -0.742. The lowest BCUT2D eigenvalue weighted by Crippen LogP contribution is -2.15. The fourth-order valence-electron chi connectivity index (χ4n) is 3.42. The Balaban J connectivity index is 1.49. The number of aliphatic hydroxyl groups excluding tert-OH is 1. The Kier molecular flexibility index (Phi) is 6.31. The van der Waals surface area contributed by atoms with Crippen molar-refractivity contribution in [2.24, 2.45) is 0 Å². The van der Waals surface area contributed by atoms with Crippen LogP contribution in [0.1, 0.15) is 30.8 Å². The third-order valence-electron chi connectivity index (χ3n) is 5.01. The largest absolute Gasteiger partial charge is 0.488 e. The number of aromatic nitrogens is 2. The van der Waals surface area contributed by atoms with Crippen molar-refractivity contribution in [1.82, 2.24) is 9.55 Å². The maximum atomic E-state index is 14.7. The first-order chi connectivity index (χ1) is 15.0. The highest BCUT2D eigenvalue weighted by Gasteiger charge is 2.17. The van der Waals surface area contributed by atoms with Gasteiger partial charge in [0, 0.05) is 24.4 Å². The maximum Gasteiger partial charge on any atom is 0.139 e. The molecular weight excluding hydrogens is 402 g/mol. The molecule has 0 bridgehead atoms. The van der Waals surface area contributed by atoms with Crippen molar-refractivity contribution in [3.05, 3.63) is 71.8 Å². The van der Waals surface area contributed by atoms with E-state index in [2.05, 4.69) is 16.8 Å². The summed E-state index contributed by atoms with van der Waals surface area (Å²) >= 11 is 0. The number of rotatable bonds is 5. The maximum absolute atomic E-state index is 14.7. The van der Waals surface area contributed by atoms with Crippen LogP contribution < -0.4 is 4.74 Å².